The van der Waals surface area contributed by atoms with Gasteiger partial charge < -0.3 is 0 Å². The normalized spacial score (nSPS) is 21.7. The molecule has 1 atom stereocenters. The van der Waals surface area contributed by atoms with E-state index in [9.17, 15) is 4.21 Å². The quantitative estimate of drug-likeness (QED) is 0.708. The van der Waals surface area contributed by atoms with Gasteiger partial charge in [-0.05, 0) is 31.2 Å². The first-order valence-electron chi connectivity index (χ1n) is 5.21. The molecule has 0 radical (unpaired) electrons. The number of anilines is 1. The summed E-state index contributed by atoms with van der Waals surface area (Å²) in [6.07, 6.45) is 0. The third kappa shape index (κ3) is 1.87. The van der Waals surface area contributed by atoms with Gasteiger partial charge in [-0.3, -0.25) is 4.31 Å². The fourth-order valence-electron chi connectivity index (χ4n) is 1.55. The van der Waals surface area contributed by atoms with Crippen LogP contribution in [0.25, 0.3) is 0 Å². The summed E-state index contributed by atoms with van der Waals surface area (Å²) < 4.78 is 15.4. The summed E-state index contributed by atoms with van der Waals surface area (Å²) in [5.74, 6) is 1.16. The molecule has 2 heterocycles. The van der Waals surface area contributed by atoms with Crippen molar-refractivity contribution in [2.75, 3.05) is 16.6 Å². The number of aryl methyl sites for hydroxylation is 1. The minimum absolute atomic E-state index is 0.572. The first kappa shape index (κ1) is 11.3. The zero-order chi connectivity index (χ0) is 11.7. The van der Waals surface area contributed by atoms with Crippen LogP contribution in [0.4, 0.5) is 5.95 Å². The zero-order valence-electron chi connectivity index (χ0n) is 9.67. The maximum absolute atomic E-state index is 12.0. The average molecular weight is 241 g/mol. The van der Waals surface area contributed by atoms with Crippen molar-refractivity contribution < 1.29 is 4.21 Å². The van der Waals surface area contributed by atoms with Crippen LogP contribution in [0.15, 0.2) is 11.1 Å². The second kappa shape index (κ2) is 4.32. The van der Waals surface area contributed by atoms with Crippen molar-refractivity contribution in [3.63, 3.8) is 0 Å². The molecule has 0 aliphatic carbocycles. The summed E-state index contributed by atoms with van der Waals surface area (Å²) in [6.45, 7) is 7.35. The van der Waals surface area contributed by atoms with Crippen LogP contribution in [0.2, 0.25) is 0 Å². The van der Waals surface area contributed by atoms with Gasteiger partial charge in [-0.2, -0.15) is 0 Å². The Labute approximate surface area is 96.9 Å². The molecule has 0 N–H and O–H groups in total. The Hall–Kier alpha value is -1.24. The SMILES string of the molecule is CCn1nnnc1N1CC(C)=C(C)CS1=O. The van der Waals surface area contributed by atoms with Crippen LogP contribution in [0.5, 0.6) is 0 Å². The Bertz CT molecular complexity index is 453. The van der Waals surface area contributed by atoms with E-state index in [1.54, 1.807) is 8.99 Å². The zero-order valence-corrected chi connectivity index (χ0v) is 10.5. The predicted molar refractivity (Wildman–Crippen MR) is 62.2 cm³/mol. The van der Waals surface area contributed by atoms with Gasteiger partial charge in [0.25, 0.3) is 5.95 Å². The highest BCUT2D eigenvalue weighted by Crippen LogP contribution is 2.21. The van der Waals surface area contributed by atoms with Crippen molar-refractivity contribution in [3.05, 3.63) is 11.1 Å². The lowest BCUT2D eigenvalue weighted by molar-refractivity contribution is 0.622. The highest BCUT2D eigenvalue weighted by atomic mass is 32.2. The molecule has 1 aliphatic heterocycles. The molecule has 0 spiro atoms. The summed E-state index contributed by atoms with van der Waals surface area (Å²) in [6, 6.07) is 0. The maximum atomic E-state index is 12.0. The van der Waals surface area contributed by atoms with E-state index >= 15 is 0 Å². The van der Waals surface area contributed by atoms with E-state index < -0.39 is 11.0 Å². The van der Waals surface area contributed by atoms with Gasteiger partial charge in [-0.1, -0.05) is 16.2 Å². The lowest BCUT2D eigenvalue weighted by Gasteiger charge is -2.27. The minimum atomic E-state index is -1.06. The van der Waals surface area contributed by atoms with Gasteiger partial charge in [0.05, 0.1) is 12.3 Å². The van der Waals surface area contributed by atoms with E-state index in [-0.39, 0.29) is 0 Å². The maximum Gasteiger partial charge on any atom is 0.257 e. The molecule has 0 fully saturated rings. The molecule has 0 bridgehead atoms. The largest absolute Gasteiger partial charge is 0.257 e. The van der Waals surface area contributed by atoms with Gasteiger partial charge in [-0.25, -0.2) is 8.89 Å². The van der Waals surface area contributed by atoms with Crippen molar-refractivity contribution in [1.82, 2.24) is 20.2 Å². The molecule has 1 aromatic heterocycles. The van der Waals surface area contributed by atoms with Gasteiger partial charge >= 0.3 is 0 Å². The molecule has 6 nitrogen and oxygen atoms in total. The first-order valence-corrected chi connectivity index (χ1v) is 6.48. The molecular weight excluding hydrogens is 226 g/mol. The topological polar surface area (TPSA) is 63.9 Å². The number of tetrazole rings is 1. The van der Waals surface area contributed by atoms with E-state index in [0.717, 1.165) is 0 Å². The summed E-state index contributed by atoms with van der Waals surface area (Å²) in [4.78, 5) is 0. The molecule has 1 aliphatic rings. The second-order valence-corrected chi connectivity index (χ2v) is 5.23. The number of rotatable bonds is 2. The van der Waals surface area contributed by atoms with Crippen LogP contribution in [0.1, 0.15) is 20.8 Å². The van der Waals surface area contributed by atoms with Crippen LogP contribution in [0.3, 0.4) is 0 Å². The molecule has 0 amide bonds. The third-order valence-corrected chi connectivity index (χ3v) is 4.19. The minimum Gasteiger partial charge on any atom is -0.254 e. The van der Waals surface area contributed by atoms with Crippen molar-refractivity contribution in [3.8, 4) is 0 Å². The van der Waals surface area contributed by atoms with E-state index in [0.29, 0.717) is 24.8 Å². The van der Waals surface area contributed by atoms with E-state index in [1.165, 1.54) is 11.1 Å². The van der Waals surface area contributed by atoms with E-state index in [1.807, 2.05) is 13.8 Å². The third-order valence-electron chi connectivity index (χ3n) is 2.73. The van der Waals surface area contributed by atoms with Gasteiger partial charge in [0.1, 0.15) is 11.0 Å². The summed E-state index contributed by atoms with van der Waals surface area (Å²) in [5.41, 5.74) is 2.44. The Kier molecular flexibility index (Phi) is 3.04. The van der Waals surface area contributed by atoms with Gasteiger partial charge in [0.15, 0.2) is 0 Å². The highest BCUT2D eigenvalue weighted by molar-refractivity contribution is 7.86. The number of nitrogens with zero attached hydrogens (tertiary/aromatic N) is 5. The Morgan fingerprint density at radius 3 is 2.81 bits per heavy atom. The lowest BCUT2D eigenvalue weighted by Crippen LogP contribution is -2.36. The van der Waals surface area contributed by atoms with Crippen LogP contribution in [-0.4, -0.2) is 36.7 Å². The Morgan fingerprint density at radius 2 is 2.12 bits per heavy atom. The molecule has 88 valence electrons. The van der Waals surface area contributed by atoms with Crippen LogP contribution >= 0.6 is 0 Å². The van der Waals surface area contributed by atoms with Crippen LogP contribution < -0.4 is 4.31 Å². The Morgan fingerprint density at radius 1 is 1.38 bits per heavy atom. The predicted octanol–water partition coefficient (Wildman–Crippen LogP) is 0.513. The number of aromatic nitrogens is 4. The van der Waals surface area contributed by atoms with E-state index in [4.69, 9.17) is 0 Å². The summed E-state index contributed by atoms with van der Waals surface area (Å²) >= 11 is 0. The fourth-order valence-corrected chi connectivity index (χ4v) is 2.98. The molecule has 0 saturated carbocycles. The van der Waals surface area contributed by atoms with Crippen LogP contribution in [-0.2, 0) is 17.5 Å². The molecule has 16 heavy (non-hydrogen) atoms. The van der Waals surface area contributed by atoms with Crippen molar-refractivity contribution in [2.45, 2.75) is 27.3 Å². The smallest absolute Gasteiger partial charge is 0.254 e. The molecule has 1 unspecified atom stereocenters. The van der Waals surface area contributed by atoms with Crippen molar-refractivity contribution in [2.24, 2.45) is 0 Å². The lowest BCUT2D eigenvalue weighted by atomic mass is 10.2. The van der Waals surface area contributed by atoms with E-state index in [2.05, 4.69) is 22.4 Å². The molecule has 7 heteroatoms. The number of hydrogen-bond donors (Lipinski definition) is 0. The van der Waals surface area contributed by atoms with Crippen molar-refractivity contribution in [1.29, 1.82) is 0 Å². The monoisotopic (exact) mass is 241 g/mol. The summed E-state index contributed by atoms with van der Waals surface area (Å²) in [5, 5.41) is 11.4. The standard InChI is InChI=1S/C9H15N5OS/c1-4-13-9(10-11-12-13)14-5-7(2)8(3)6-16(14)15/h4-6H2,1-3H3. The van der Waals surface area contributed by atoms with Gasteiger partial charge in [-0.15, -0.1) is 0 Å². The van der Waals surface area contributed by atoms with Gasteiger partial charge in [0, 0.05) is 6.54 Å². The number of hydrogen-bond acceptors (Lipinski definition) is 4. The summed E-state index contributed by atoms with van der Waals surface area (Å²) in [7, 11) is -1.06. The molecule has 2 rings (SSSR count). The fraction of sp³-hybridized carbons (Fsp3) is 0.667. The first-order chi connectivity index (χ1) is 7.63. The second-order valence-electron chi connectivity index (χ2n) is 3.86. The Balaban J connectivity index is 2.32. The average Bonchev–Trinajstić information content (AvgIpc) is 2.71. The highest BCUT2D eigenvalue weighted by Gasteiger charge is 2.25. The molecule has 0 aromatic carbocycles. The molecule has 0 saturated heterocycles. The molecule has 1 aromatic rings. The van der Waals surface area contributed by atoms with Crippen LogP contribution in [0, 0.1) is 0 Å². The van der Waals surface area contributed by atoms with Crippen molar-refractivity contribution >= 4 is 16.9 Å². The van der Waals surface area contributed by atoms with Gasteiger partial charge in [0.2, 0.25) is 0 Å². The molecular formula is C9H15N5OS.